The Morgan fingerprint density at radius 1 is 1.83 bits per heavy atom. The first-order valence-electron chi connectivity index (χ1n) is 1.77. The molecule has 6 heavy (non-hydrogen) atoms. The van der Waals surface area contributed by atoms with Crippen molar-refractivity contribution in [3.8, 4) is 0 Å². The van der Waals surface area contributed by atoms with Crippen LogP contribution in [-0.4, -0.2) is 32.0 Å². The van der Waals surface area contributed by atoms with Crippen molar-refractivity contribution in [1.29, 1.82) is 0 Å². The van der Waals surface area contributed by atoms with Gasteiger partial charge in [0.1, 0.15) is 0 Å². The zero-order valence-electron chi connectivity index (χ0n) is 3.22. The van der Waals surface area contributed by atoms with Crippen molar-refractivity contribution in [1.82, 2.24) is 0 Å². The fourth-order valence-corrected chi connectivity index (χ4v) is 1.69. The molecule has 1 nitrogen and oxygen atoms in total. The first-order chi connectivity index (χ1) is 2.93. The number of allylic oxidation sites excluding steroid dienone is 1. The van der Waals surface area contributed by atoms with Gasteiger partial charge in [-0.3, -0.25) is 0 Å². The zero-order chi connectivity index (χ0) is 4.41. The molecule has 0 saturated carbocycles. The van der Waals surface area contributed by atoms with Crippen LogP contribution in [0.2, 0.25) is 0 Å². The fraction of sp³-hybridized carbons (Fsp3) is 0. The van der Waals surface area contributed by atoms with E-state index in [1.165, 1.54) is 0 Å². The Bertz CT molecular complexity index is 120. The van der Waals surface area contributed by atoms with Gasteiger partial charge in [-0.05, 0) is 0 Å². The first kappa shape index (κ1) is 4.31. The Kier molecular flexibility index (Phi) is 1.25. The monoisotopic (exact) mass is 182 g/mol. The van der Waals surface area contributed by atoms with Crippen LogP contribution in [0.5, 0.6) is 0 Å². The normalized spacial score (nSPS) is 14.3. The van der Waals surface area contributed by atoms with Gasteiger partial charge in [0.15, 0.2) is 0 Å². The molecule has 1 heterocycles. The average Bonchev–Trinajstić information content (AvgIpc) is 1.31. The van der Waals surface area contributed by atoms with Gasteiger partial charge in [0.25, 0.3) is 0 Å². The predicted octanol–water partition coefficient (Wildman–Crippen LogP) is -0.411. The third-order valence-corrected chi connectivity index (χ3v) is 3.85. The molecule has 2 heteroatoms. The SMILES string of the molecule is O=C[C]1=[In][CH]=C1. The Labute approximate surface area is 46.9 Å². The molecule has 1 aliphatic heterocycles. The molecule has 1 aliphatic rings. The summed E-state index contributed by atoms with van der Waals surface area (Å²) in [5, 5.41) is 0. The summed E-state index contributed by atoms with van der Waals surface area (Å²) < 4.78 is 3.25. The van der Waals surface area contributed by atoms with E-state index in [1.54, 1.807) is 0 Å². The third-order valence-electron chi connectivity index (χ3n) is 0.713. The molecule has 0 aliphatic carbocycles. The van der Waals surface area contributed by atoms with Crippen molar-refractivity contribution >= 4 is 32.0 Å². The molecule has 28 valence electrons. The molecule has 0 fully saturated rings. The standard InChI is InChI=1S/C4H3O.In/c1-2-3-4-5;/h1-2,4H;. The molecule has 0 aromatic carbocycles. The molecule has 0 atom stereocenters. The van der Waals surface area contributed by atoms with Gasteiger partial charge >= 0.3 is 46.7 Å². The quantitative estimate of drug-likeness (QED) is 0.503. The Balaban J connectivity index is 2.57. The summed E-state index contributed by atoms with van der Waals surface area (Å²) in [6.45, 7) is 0. The number of carbonyl (C=O) groups is 1. The van der Waals surface area contributed by atoms with Crippen LogP contribution in [0.4, 0.5) is 0 Å². The predicted molar refractivity (Wildman–Crippen MR) is 26.0 cm³/mol. The van der Waals surface area contributed by atoms with Crippen molar-refractivity contribution < 1.29 is 4.79 Å². The number of hydrogen-bond donors (Lipinski definition) is 0. The van der Waals surface area contributed by atoms with Crippen LogP contribution in [0, 0.1) is 0 Å². The molecule has 0 amide bonds. The molecule has 1 rings (SSSR count). The van der Waals surface area contributed by atoms with Crippen LogP contribution in [-0.2, 0) is 4.79 Å². The molecule has 0 bridgehead atoms. The van der Waals surface area contributed by atoms with Gasteiger partial charge in [-0.15, -0.1) is 0 Å². The van der Waals surface area contributed by atoms with Crippen molar-refractivity contribution in [2.45, 2.75) is 0 Å². The van der Waals surface area contributed by atoms with Crippen molar-refractivity contribution in [3.63, 3.8) is 0 Å². The van der Waals surface area contributed by atoms with Gasteiger partial charge in [-0.2, -0.15) is 0 Å². The number of aldehydes is 1. The molecule has 0 spiro atoms. The maximum atomic E-state index is 9.75. The number of rotatable bonds is 1. The molecule has 0 saturated heterocycles. The minimum atomic E-state index is -0.478. The van der Waals surface area contributed by atoms with E-state index in [0.717, 1.165) is 9.54 Å². The Hall–Kier alpha value is 0.150. The van der Waals surface area contributed by atoms with Gasteiger partial charge in [-0.1, -0.05) is 0 Å². The Morgan fingerprint density at radius 2 is 2.50 bits per heavy atom. The van der Waals surface area contributed by atoms with E-state index in [1.807, 2.05) is 6.08 Å². The van der Waals surface area contributed by atoms with E-state index in [-0.39, 0.29) is 0 Å². The topological polar surface area (TPSA) is 17.1 Å². The summed E-state index contributed by atoms with van der Waals surface area (Å²) in [4.78, 5) is 9.75. The molecular weight excluding hydrogens is 179 g/mol. The van der Waals surface area contributed by atoms with Crippen LogP contribution in [0.3, 0.4) is 0 Å². The summed E-state index contributed by atoms with van der Waals surface area (Å²) >= 11 is -0.478. The van der Waals surface area contributed by atoms with Crippen molar-refractivity contribution in [2.75, 3.05) is 0 Å². The van der Waals surface area contributed by atoms with Crippen LogP contribution in [0.25, 0.3) is 0 Å². The second kappa shape index (κ2) is 1.74. The van der Waals surface area contributed by atoms with Crippen LogP contribution in [0.1, 0.15) is 0 Å². The summed E-state index contributed by atoms with van der Waals surface area (Å²) in [7, 11) is 0. The Morgan fingerprint density at radius 3 is 2.50 bits per heavy atom. The molecule has 0 radical (unpaired) electrons. The van der Waals surface area contributed by atoms with E-state index >= 15 is 0 Å². The van der Waals surface area contributed by atoms with E-state index in [4.69, 9.17) is 0 Å². The minimum absolute atomic E-state index is 0.478. The van der Waals surface area contributed by atoms with Crippen LogP contribution >= 0.6 is 0 Å². The molecule has 0 unspecified atom stereocenters. The average molecular weight is 182 g/mol. The summed E-state index contributed by atoms with van der Waals surface area (Å²) in [5.74, 6) is 0. The third kappa shape index (κ3) is 0.620. The summed E-state index contributed by atoms with van der Waals surface area (Å²) in [6.07, 6.45) is 2.88. The molecule has 0 aromatic rings. The fourth-order valence-electron chi connectivity index (χ4n) is 0.286. The van der Waals surface area contributed by atoms with Gasteiger partial charge in [0, 0.05) is 0 Å². The second-order valence-electron chi connectivity index (χ2n) is 1.14. The first-order valence-corrected chi connectivity index (χ1v) is 5.32. The maximum absolute atomic E-state index is 9.75. The molecule has 0 N–H and O–H groups in total. The van der Waals surface area contributed by atoms with Crippen molar-refractivity contribution in [3.05, 3.63) is 9.91 Å². The van der Waals surface area contributed by atoms with E-state index in [2.05, 4.69) is 3.83 Å². The second-order valence-corrected chi connectivity index (χ2v) is 5.10. The van der Waals surface area contributed by atoms with Crippen LogP contribution in [0.15, 0.2) is 9.91 Å². The number of hydrogen-bond acceptors (Lipinski definition) is 1. The van der Waals surface area contributed by atoms with Gasteiger partial charge in [0.05, 0.1) is 0 Å². The zero-order valence-corrected chi connectivity index (χ0v) is 6.51. The summed E-state index contributed by atoms with van der Waals surface area (Å²) in [6, 6.07) is 0. The van der Waals surface area contributed by atoms with E-state index < -0.39 is 22.4 Å². The van der Waals surface area contributed by atoms with Gasteiger partial charge in [-0.25, -0.2) is 0 Å². The van der Waals surface area contributed by atoms with Gasteiger partial charge in [0.2, 0.25) is 0 Å². The number of carbonyl (C=O) groups excluding carboxylic acids is 1. The molecule has 0 aromatic heterocycles. The van der Waals surface area contributed by atoms with Crippen LogP contribution < -0.4 is 0 Å². The summed E-state index contributed by atoms with van der Waals surface area (Å²) in [5.41, 5.74) is 0. The van der Waals surface area contributed by atoms with E-state index in [0.29, 0.717) is 0 Å². The van der Waals surface area contributed by atoms with Crippen molar-refractivity contribution in [2.24, 2.45) is 0 Å². The molecular formula is C4H3InO. The van der Waals surface area contributed by atoms with Gasteiger partial charge < -0.3 is 0 Å². The van der Waals surface area contributed by atoms with E-state index in [9.17, 15) is 4.79 Å².